The Morgan fingerprint density at radius 1 is 1.26 bits per heavy atom. The van der Waals surface area contributed by atoms with Crippen molar-refractivity contribution in [2.45, 2.75) is 45.7 Å². The fourth-order valence-corrected chi connectivity index (χ4v) is 4.06. The summed E-state index contributed by atoms with van der Waals surface area (Å²) in [5.74, 6) is 0.801. The van der Waals surface area contributed by atoms with Crippen LogP contribution < -0.4 is 0 Å². The zero-order valence-corrected chi connectivity index (χ0v) is 14.4. The number of imidazole rings is 1. The Balaban J connectivity index is 1.65. The van der Waals surface area contributed by atoms with Gasteiger partial charge in [-0.2, -0.15) is 0 Å². The Morgan fingerprint density at radius 2 is 2.17 bits per heavy atom. The minimum Gasteiger partial charge on any atom is -0.289 e. The Morgan fingerprint density at radius 3 is 3.00 bits per heavy atom. The van der Waals surface area contributed by atoms with Gasteiger partial charge in [0.25, 0.3) is 0 Å². The predicted molar refractivity (Wildman–Crippen MR) is 91.6 cm³/mol. The third-order valence-corrected chi connectivity index (χ3v) is 5.40. The largest absolute Gasteiger partial charge is 0.289 e. The maximum absolute atomic E-state index is 4.81. The van der Waals surface area contributed by atoms with E-state index in [-0.39, 0.29) is 0 Å². The van der Waals surface area contributed by atoms with Crippen LogP contribution >= 0.6 is 11.3 Å². The highest BCUT2D eigenvalue weighted by molar-refractivity contribution is 7.09. The number of nitrogens with zero attached hydrogens (tertiary/aromatic N) is 5. The van der Waals surface area contributed by atoms with Crippen molar-refractivity contribution in [1.82, 2.24) is 24.3 Å². The van der Waals surface area contributed by atoms with Gasteiger partial charge in [-0.1, -0.05) is 6.42 Å². The second-order valence-corrected chi connectivity index (χ2v) is 7.32. The van der Waals surface area contributed by atoms with Crippen LogP contribution in [0.1, 0.15) is 47.4 Å². The smallest absolute Gasteiger partial charge is 0.234 e. The molecule has 1 saturated heterocycles. The van der Waals surface area contributed by atoms with Crippen LogP contribution in [0.5, 0.6) is 0 Å². The molecule has 0 radical (unpaired) electrons. The lowest BCUT2D eigenvalue weighted by molar-refractivity contribution is 0.136. The molecule has 23 heavy (non-hydrogen) atoms. The van der Waals surface area contributed by atoms with Crippen LogP contribution in [0.25, 0.3) is 5.78 Å². The minimum atomic E-state index is 0.367. The Labute approximate surface area is 140 Å². The van der Waals surface area contributed by atoms with Gasteiger partial charge in [-0.15, -0.1) is 11.3 Å². The summed E-state index contributed by atoms with van der Waals surface area (Å²) >= 11 is 1.73. The first-order valence-electron chi connectivity index (χ1n) is 8.16. The summed E-state index contributed by atoms with van der Waals surface area (Å²) in [6.45, 7) is 6.22. The minimum absolute atomic E-state index is 0.367. The third-order valence-electron chi connectivity index (χ3n) is 4.57. The summed E-state index contributed by atoms with van der Waals surface area (Å²) < 4.78 is 2.04. The average Bonchev–Trinajstić information content (AvgIpc) is 3.17. The Bertz CT molecular complexity index is 821. The van der Waals surface area contributed by atoms with Gasteiger partial charge in [0.1, 0.15) is 0 Å². The van der Waals surface area contributed by atoms with E-state index in [0.717, 1.165) is 36.0 Å². The zero-order valence-electron chi connectivity index (χ0n) is 13.6. The van der Waals surface area contributed by atoms with Crippen molar-refractivity contribution in [1.29, 1.82) is 0 Å². The van der Waals surface area contributed by atoms with Gasteiger partial charge in [-0.3, -0.25) is 9.30 Å². The fourth-order valence-electron chi connectivity index (χ4n) is 3.46. The van der Waals surface area contributed by atoms with E-state index < -0.39 is 0 Å². The molecule has 0 aliphatic carbocycles. The molecule has 3 aromatic rings. The second kappa shape index (κ2) is 6.02. The first-order chi connectivity index (χ1) is 11.2. The number of rotatable bonds is 3. The summed E-state index contributed by atoms with van der Waals surface area (Å²) in [4.78, 5) is 16.3. The molecule has 0 unspecified atom stereocenters. The van der Waals surface area contributed by atoms with Crippen LogP contribution in [-0.2, 0) is 6.54 Å². The van der Waals surface area contributed by atoms with Crippen LogP contribution in [0, 0.1) is 13.8 Å². The van der Waals surface area contributed by atoms with Crippen LogP contribution in [0.15, 0.2) is 23.8 Å². The zero-order chi connectivity index (χ0) is 15.8. The molecule has 3 aromatic heterocycles. The van der Waals surface area contributed by atoms with E-state index in [1.165, 1.54) is 24.2 Å². The summed E-state index contributed by atoms with van der Waals surface area (Å²) in [6.07, 6.45) is 7.46. The van der Waals surface area contributed by atoms with Gasteiger partial charge in [0.05, 0.1) is 22.4 Å². The molecule has 1 atom stereocenters. The normalized spacial score (nSPS) is 19.5. The molecule has 4 heterocycles. The van der Waals surface area contributed by atoms with Crippen molar-refractivity contribution in [3.05, 3.63) is 45.9 Å². The lowest BCUT2D eigenvalue weighted by Gasteiger charge is -2.35. The van der Waals surface area contributed by atoms with Gasteiger partial charge >= 0.3 is 0 Å². The van der Waals surface area contributed by atoms with Crippen LogP contribution in [0.2, 0.25) is 0 Å². The molecule has 120 valence electrons. The maximum Gasteiger partial charge on any atom is 0.234 e. The summed E-state index contributed by atoms with van der Waals surface area (Å²) in [7, 11) is 0. The average molecular weight is 327 g/mol. The van der Waals surface area contributed by atoms with E-state index in [2.05, 4.69) is 40.2 Å². The molecule has 0 spiro atoms. The molecule has 6 heteroatoms. The summed E-state index contributed by atoms with van der Waals surface area (Å²) in [5.41, 5.74) is 3.52. The van der Waals surface area contributed by atoms with Gasteiger partial charge in [-0.25, -0.2) is 15.0 Å². The molecule has 0 N–H and O–H groups in total. The molecule has 1 fully saturated rings. The Hall–Kier alpha value is -1.79. The highest BCUT2D eigenvalue weighted by Gasteiger charge is 2.26. The van der Waals surface area contributed by atoms with E-state index in [4.69, 9.17) is 4.98 Å². The summed E-state index contributed by atoms with van der Waals surface area (Å²) in [6, 6.07) is 2.58. The second-order valence-electron chi connectivity index (χ2n) is 6.26. The molecule has 5 nitrogen and oxygen atoms in total. The molecular weight excluding hydrogens is 306 g/mol. The van der Waals surface area contributed by atoms with E-state index in [0.29, 0.717) is 6.04 Å². The molecule has 0 aromatic carbocycles. The van der Waals surface area contributed by atoms with Crippen molar-refractivity contribution < 1.29 is 0 Å². The monoisotopic (exact) mass is 327 g/mol. The molecule has 0 bridgehead atoms. The van der Waals surface area contributed by atoms with Crippen molar-refractivity contribution in [2.75, 3.05) is 6.54 Å². The molecule has 1 aliphatic rings. The lowest BCUT2D eigenvalue weighted by Crippen LogP contribution is -2.33. The quantitative estimate of drug-likeness (QED) is 0.738. The number of likely N-dealkylation sites (tertiary alicyclic amines) is 1. The number of hydrogen-bond acceptors (Lipinski definition) is 5. The number of aryl methyl sites for hydroxylation is 2. The van der Waals surface area contributed by atoms with Crippen molar-refractivity contribution >= 4 is 17.1 Å². The van der Waals surface area contributed by atoms with Gasteiger partial charge in [0.15, 0.2) is 0 Å². The van der Waals surface area contributed by atoms with Gasteiger partial charge in [0.2, 0.25) is 5.78 Å². The standard InChI is InChI=1S/C17H21N5S/c1-12-9-15(20-17-18-6-8-22(12)17)16-5-3-4-7-21(16)10-14-11-23-13(2)19-14/h6,8-9,11,16H,3-5,7,10H2,1-2H3/t16-/m0/s1. The highest BCUT2D eigenvalue weighted by Crippen LogP contribution is 2.31. The van der Waals surface area contributed by atoms with E-state index in [1.807, 2.05) is 16.8 Å². The first kappa shape index (κ1) is 14.8. The Kier molecular flexibility index (Phi) is 3.87. The predicted octanol–water partition coefficient (Wildman–Crippen LogP) is 3.53. The molecule has 0 saturated carbocycles. The van der Waals surface area contributed by atoms with Gasteiger partial charge < -0.3 is 0 Å². The SMILES string of the molecule is Cc1nc(CN2CCCC[C@H]2c2cc(C)n3ccnc3n2)cs1. The van der Waals surface area contributed by atoms with Crippen LogP contribution in [0.4, 0.5) is 0 Å². The molecule has 0 amide bonds. The maximum atomic E-state index is 4.81. The highest BCUT2D eigenvalue weighted by atomic mass is 32.1. The number of piperidine rings is 1. The van der Waals surface area contributed by atoms with E-state index in [9.17, 15) is 0 Å². The number of thiazole rings is 1. The van der Waals surface area contributed by atoms with Crippen molar-refractivity contribution in [2.24, 2.45) is 0 Å². The topological polar surface area (TPSA) is 46.3 Å². The molecule has 1 aliphatic heterocycles. The van der Waals surface area contributed by atoms with Crippen LogP contribution in [0.3, 0.4) is 0 Å². The molecule has 4 rings (SSSR count). The fraction of sp³-hybridized carbons (Fsp3) is 0.471. The van der Waals surface area contributed by atoms with Gasteiger partial charge in [-0.05, 0) is 39.3 Å². The summed E-state index contributed by atoms with van der Waals surface area (Å²) in [5, 5.41) is 3.32. The number of hydrogen-bond donors (Lipinski definition) is 0. The van der Waals surface area contributed by atoms with E-state index in [1.54, 1.807) is 11.3 Å². The third kappa shape index (κ3) is 2.88. The van der Waals surface area contributed by atoms with Crippen molar-refractivity contribution in [3.63, 3.8) is 0 Å². The number of fused-ring (bicyclic) bond motifs is 1. The van der Waals surface area contributed by atoms with E-state index >= 15 is 0 Å². The van der Waals surface area contributed by atoms with Gasteiger partial charge in [0, 0.05) is 30.0 Å². The lowest BCUT2D eigenvalue weighted by atomic mass is 9.98. The van der Waals surface area contributed by atoms with Crippen molar-refractivity contribution in [3.8, 4) is 0 Å². The van der Waals surface area contributed by atoms with Crippen LogP contribution in [-0.4, -0.2) is 30.8 Å². The number of aromatic nitrogens is 4. The first-order valence-corrected chi connectivity index (χ1v) is 9.04. The molecular formula is C17H21N5S.